The van der Waals surface area contributed by atoms with E-state index in [1.54, 1.807) is 11.0 Å². The quantitative estimate of drug-likeness (QED) is 0.645. The van der Waals surface area contributed by atoms with E-state index in [-0.39, 0.29) is 15.9 Å². The molecule has 2 aromatic rings. The van der Waals surface area contributed by atoms with Gasteiger partial charge in [0.1, 0.15) is 5.75 Å². The Bertz CT molecular complexity index is 929. The molecule has 2 heterocycles. The van der Waals surface area contributed by atoms with Crippen LogP contribution in [0.3, 0.4) is 0 Å². The maximum absolute atomic E-state index is 12.7. The van der Waals surface area contributed by atoms with Crippen LogP contribution in [0, 0.1) is 0 Å². The first-order chi connectivity index (χ1) is 12.9. The second-order valence-electron chi connectivity index (χ2n) is 5.81. The highest BCUT2D eigenvalue weighted by Gasteiger charge is 2.27. The molecule has 3 rings (SSSR count). The highest BCUT2D eigenvalue weighted by Crippen LogP contribution is 2.34. The molecule has 1 aliphatic heterocycles. The van der Waals surface area contributed by atoms with Gasteiger partial charge in [0.25, 0.3) is 10.0 Å². The summed E-state index contributed by atoms with van der Waals surface area (Å²) < 4.78 is 34.0. The molecule has 0 saturated carbocycles. The SMILES string of the molecule is CCCSc1nnc(NS(=O)(=O)c2ccc(OC)c(N3CCCC3=O)c2)s1. The van der Waals surface area contributed by atoms with Gasteiger partial charge in [0, 0.05) is 18.7 Å². The first-order valence-corrected chi connectivity index (χ1v) is 11.7. The van der Waals surface area contributed by atoms with Gasteiger partial charge in [-0.3, -0.25) is 9.52 Å². The number of rotatable bonds is 8. The largest absolute Gasteiger partial charge is 0.495 e. The molecule has 0 spiro atoms. The lowest BCUT2D eigenvalue weighted by molar-refractivity contribution is -0.117. The summed E-state index contributed by atoms with van der Waals surface area (Å²) >= 11 is 2.73. The maximum atomic E-state index is 12.7. The minimum absolute atomic E-state index is 0.0379. The van der Waals surface area contributed by atoms with Gasteiger partial charge >= 0.3 is 0 Å². The molecule has 11 heteroatoms. The van der Waals surface area contributed by atoms with E-state index < -0.39 is 10.0 Å². The zero-order valence-corrected chi connectivity index (χ0v) is 17.4. The van der Waals surface area contributed by atoms with Crippen molar-refractivity contribution >= 4 is 49.8 Å². The van der Waals surface area contributed by atoms with Crippen LogP contribution in [0.5, 0.6) is 5.75 Å². The van der Waals surface area contributed by atoms with E-state index in [4.69, 9.17) is 4.74 Å². The Morgan fingerprint density at radius 1 is 1.37 bits per heavy atom. The molecule has 27 heavy (non-hydrogen) atoms. The van der Waals surface area contributed by atoms with Crippen molar-refractivity contribution in [3.8, 4) is 5.75 Å². The predicted molar refractivity (Wildman–Crippen MR) is 106 cm³/mol. The molecule has 1 aromatic heterocycles. The number of sulfonamides is 1. The average Bonchev–Trinajstić information content (AvgIpc) is 3.27. The van der Waals surface area contributed by atoms with Gasteiger partial charge in [0.05, 0.1) is 17.7 Å². The van der Waals surface area contributed by atoms with Gasteiger partial charge in [-0.25, -0.2) is 8.42 Å². The number of aromatic nitrogens is 2. The Hall–Kier alpha value is -1.85. The van der Waals surface area contributed by atoms with Crippen molar-refractivity contribution in [2.75, 3.05) is 29.0 Å². The standard InChI is InChI=1S/C16H20N4O4S3/c1-3-9-25-16-18-17-15(26-16)19-27(22,23)11-6-7-13(24-2)12(10-11)20-8-4-5-14(20)21/h6-7,10H,3-5,8-9H2,1-2H3,(H,17,19). The second-order valence-corrected chi connectivity index (χ2v) is 9.81. The van der Waals surface area contributed by atoms with E-state index >= 15 is 0 Å². The highest BCUT2D eigenvalue weighted by atomic mass is 32.2. The van der Waals surface area contributed by atoms with Crippen LogP contribution in [0.25, 0.3) is 0 Å². The Labute approximate surface area is 166 Å². The number of hydrogen-bond donors (Lipinski definition) is 1. The zero-order chi connectivity index (χ0) is 19.4. The molecule has 1 aromatic carbocycles. The summed E-state index contributed by atoms with van der Waals surface area (Å²) in [6, 6.07) is 4.45. The lowest BCUT2D eigenvalue weighted by atomic mass is 10.2. The van der Waals surface area contributed by atoms with E-state index in [0.29, 0.717) is 28.7 Å². The number of nitrogens with zero attached hydrogens (tertiary/aromatic N) is 3. The van der Waals surface area contributed by atoms with Crippen LogP contribution >= 0.6 is 23.1 Å². The van der Waals surface area contributed by atoms with Gasteiger partial charge in [-0.15, -0.1) is 10.2 Å². The van der Waals surface area contributed by atoms with Crippen LogP contribution in [-0.2, 0) is 14.8 Å². The van der Waals surface area contributed by atoms with Gasteiger partial charge in [0.15, 0.2) is 4.34 Å². The third-order valence-electron chi connectivity index (χ3n) is 3.88. The van der Waals surface area contributed by atoms with Crippen LogP contribution in [0.1, 0.15) is 26.2 Å². The summed E-state index contributed by atoms with van der Waals surface area (Å²) in [4.78, 5) is 13.7. The lowest BCUT2D eigenvalue weighted by Gasteiger charge is -2.19. The van der Waals surface area contributed by atoms with E-state index in [9.17, 15) is 13.2 Å². The number of anilines is 2. The molecule has 1 N–H and O–H groups in total. The van der Waals surface area contributed by atoms with Crippen LogP contribution in [0.4, 0.5) is 10.8 Å². The van der Waals surface area contributed by atoms with Crippen molar-refractivity contribution < 1.29 is 17.9 Å². The van der Waals surface area contributed by atoms with Crippen LogP contribution in [0.15, 0.2) is 27.4 Å². The van der Waals surface area contributed by atoms with E-state index in [0.717, 1.165) is 18.6 Å². The van der Waals surface area contributed by atoms with Crippen LogP contribution in [0.2, 0.25) is 0 Å². The number of nitrogens with one attached hydrogen (secondary N) is 1. The van der Waals surface area contributed by atoms with Gasteiger partial charge in [-0.1, -0.05) is 30.0 Å². The zero-order valence-electron chi connectivity index (χ0n) is 15.0. The van der Waals surface area contributed by atoms with E-state index in [1.807, 2.05) is 0 Å². The Kier molecular flexibility index (Phi) is 6.22. The Morgan fingerprint density at radius 2 is 2.19 bits per heavy atom. The van der Waals surface area contributed by atoms with Gasteiger partial charge in [0.2, 0.25) is 11.0 Å². The van der Waals surface area contributed by atoms with Gasteiger partial charge in [-0.05, 0) is 31.0 Å². The summed E-state index contributed by atoms with van der Waals surface area (Å²) in [5.74, 6) is 1.31. The Balaban J connectivity index is 1.85. The molecule has 0 unspecified atom stereocenters. The van der Waals surface area contributed by atoms with Gasteiger partial charge < -0.3 is 9.64 Å². The number of carbonyl (C=O) groups is 1. The molecule has 0 bridgehead atoms. The molecular formula is C16H20N4O4S3. The molecule has 1 saturated heterocycles. The molecule has 1 fully saturated rings. The minimum atomic E-state index is -3.86. The molecule has 0 aliphatic carbocycles. The molecule has 1 amide bonds. The fourth-order valence-electron chi connectivity index (χ4n) is 2.62. The molecule has 0 radical (unpaired) electrons. The number of carbonyl (C=O) groups excluding carboxylic acids is 1. The average molecular weight is 429 g/mol. The number of hydrogen-bond acceptors (Lipinski definition) is 8. The third-order valence-corrected chi connectivity index (χ3v) is 7.53. The molecule has 8 nitrogen and oxygen atoms in total. The predicted octanol–water partition coefficient (Wildman–Crippen LogP) is 2.98. The first-order valence-electron chi connectivity index (χ1n) is 8.42. The smallest absolute Gasteiger partial charge is 0.263 e. The molecule has 1 aliphatic rings. The van der Waals surface area contributed by atoms with Crippen molar-refractivity contribution in [3.63, 3.8) is 0 Å². The topological polar surface area (TPSA) is 101 Å². The van der Waals surface area contributed by atoms with Crippen molar-refractivity contribution in [2.45, 2.75) is 35.4 Å². The highest BCUT2D eigenvalue weighted by molar-refractivity contribution is 8.01. The number of methoxy groups -OCH3 is 1. The van der Waals surface area contributed by atoms with Crippen molar-refractivity contribution in [3.05, 3.63) is 18.2 Å². The van der Waals surface area contributed by atoms with Crippen molar-refractivity contribution in [2.24, 2.45) is 0 Å². The van der Waals surface area contributed by atoms with Crippen molar-refractivity contribution in [1.29, 1.82) is 0 Å². The number of amides is 1. The molecule has 146 valence electrons. The number of ether oxygens (including phenoxy) is 1. The fraction of sp³-hybridized carbons (Fsp3) is 0.438. The summed E-state index contributed by atoms with van der Waals surface area (Å²) in [7, 11) is -2.37. The number of thioether (sulfide) groups is 1. The lowest BCUT2D eigenvalue weighted by Crippen LogP contribution is -2.24. The van der Waals surface area contributed by atoms with E-state index in [1.165, 1.54) is 42.3 Å². The summed E-state index contributed by atoms with van der Waals surface area (Å²) in [6.07, 6.45) is 2.18. The summed E-state index contributed by atoms with van der Waals surface area (Å²) in [6.45, 7) is 2.60. The van der Waals surface area contributed by atoms with E-state index in [2.05, 4.69) is 21.8 Å². The van der Waals surface area contributed by atoms with Crippen molar-refractivity contribution in [1.82, 2.24) is 10.2 Å². The third kappa shape index (κ3) is 4.53. The normalized spacial score (nSPS) is 14.6. The minimum Gasteiger partial charge on any atom is -0.495 e. The monoisotopic (exact) mass is 428 g/mol. The van der Waals surface area contributed by atoms with Crippen LogP contribution < -0.4 is 14.4 Å². The first kappa shape index (κ1) is 19.9. The molecule has 0 atom stereocenters. The van der Waals surface area contributed by atoms with Crippen LogP contribution in [-0.4, -0.2) is 43.9 Å². The maximum Gasteiger partial charge on any atom is 0.263 e. The summed E-state index contributed by atoms with van der Waals surface area (Å²) in [5.41, 5.74) is 0.458. The fourth-order valence-corrected chi connectivity index (χ4v) is 5.55. The second kappa shape index (κ2) is 8.44. The number of benzene rings is 1. The Morgan fingerprint density at radius 3 is 2.85 bits per heavy atom. The van der Waals surface area contributed by atoms with Gasteiger partial charge in [-0.2, -0.15) is 0 Å². The molecular weight excluding hydrogens is 408 g/mol. The summed E-state index contributed by atoms with van der Waals surface area (Å²) in [5, 5.41) is 8.09.